The quantitative estimate of drug-likeness (QED) is 0.866. The molecule has 0 N–H and O–H groups in total. The van der Waals surface area contributed by atoms with E-state index in [0.29, 0.717) is 6.42 Å². The summed E-state index contributed by atoms with van der Waals surface area (Å²) in [6.45, 7) is 4.23. The van der Waals surface area contributed by atoms with Crippen LogP contribution in [0.4, 0.5) is 4.39 Å². The van der Waals surface area contributed by atoms with Crippen molar-refractivity contribution >= 4 is 5.91 Å². The number of rotatable bonds is 4. The molecule has 120 valence electrons. The highest BCUT2D eigenvalue weighted by Gasteiger charge is 2.21. The zero-order valence-corrected chi connectivity index (χ0v) is 13.1. The summed E-state index contributed by atoms with van der Waals surface area (Å²) in [5.74, 6) is -0.147. The maximum Gasteiger partial charge on any atom is 0.227 e. The van der Waals surface area contributed by atoms with Crippen LogP contribution in [0.2, 0.25) is 0 Å². The highest BCUT2D eigenvalue weighted by molar-refractivity contribution is 5.78. The zero-order valence-electron chi connectivity index (χ0n) is 13.1. The summed E-state index contributed by atoms with van der Waals surface area (Å²) in [4.78, 5) is 16.6. The van der Waals surface area contributed by atoms with Crippen LogP contribution in [0.5, 0.6) is 0 Å². The van der Waals surface area contributed by atoms with Gasteiger partial charge in [0.15, 0.2) is 0 Å². The minimum atomic E-state index is -0.268. The highest BCUT2D eigenvalue weighted by Crippen LogP contribution is 2.11. The number of nitrogens with zero attached hydrogens (tertiary/aromatic N) is 2. The van der Waals surface area contributed by atoms with Crippen LogP contribution in [0.3, 0.4) is 0 Å². The molecule has 3 nitrogen and oxygen atoms in total. The van der Waals surface area contributed by atoms with Gasteiger partial charge in [-0.1, -0.05) is 42.5 Å². The van der Waals surface area contributed by atoms with E-state index in [4.69, 9.17) is 0 Å². The normalized spacial score (nSPS) is 15.6. The van der Waals surface area contributed by atoms with Gasteiger partial charge >= 0.3 is 0 Å². The van der Waals surface area contributed by atoms with E-state index in [1.54, 1.807) is 12.1 Å². The van der Waals surface area contributed by atoms with Crippen LogP contribution < -0.4 is 0 Å². The Morgan fingerprint density at radius 2 is 1.52 bits per heavy atom. The number of carbonyl (C=O) groups is 1. The smallest absolute Gasteiger partial charge is 0.227 e. The SMILES string of the molecule is O=C(Cc1ccc(F)cc1)N1CCN(Cc2ccccc2)CC1. The fourth-order valence-corrected chi connectivity index (χ4v) is 2.89. The molecule has 3 rings (SSSR count). The summed E-state index contributed by atoms with van der Waals surface area (Å²) in [7, 11) is 0. The molecular weight excluding hydrogens is 291 g/mol. The van der Waals surface area contributed by atoms with Crippen molar-refractivity contribution in [1.82, 2.24) is 9.80 Å². The maximum atomic E-state index is 12.9. The first-order chi connectivity index (χ1) is 11.2. The molecule has 2 aromatic rings. The van der Waals surface area contributed by atoms with Gasteiger partial charge in [-0.25, -0.2) is 4.39 Å². The lowest BCUT2D eigenvalue weighted by molar-refractivity contribution is -0.132. The Bertz CT molecular complexity index is 634. The standard InChI is InChI=1S/C19H21FN2O/c20-18-8-6-16(7-9-18)14-19(23)22-12-10-21(11-13-22)15-17-4-2-1-3-5-17/h1-9H,10-15H2. The van der Waals surface area contributed by atoms with E-state index in [2.05, 4.69) is 29.2 Å². The van der Waals surface area contributed by atoms with Crippen molar-refractivity contribution in [2.75, 3.05) is 26.2 Å². The molecule has 1 aliphatic rings. The molecule has 2 aromatic carbocycles. The number of halogens is 1. The van der Waals surface area contributed by atoms with Crippen LogP contribution >= 0.6 is 0 Å². The van der Waals surface area contributed by atoms with Crippen molar-refractivity contribution in [3.63, 3.8) is 0 Å². The molecular formula is C19H21FN2O. The third kappa shape index (κ3) is 4.39. The number of piperazine rings is 1. The first kappa shape index (κ1) is 15.7. The molecule has 1 aliphatic heterocycles. The summed E-state index contributed by atoms with van der Waals surface area (Å²) in [5.41, 5.74) is 2.17. The van der Waals surface area contributed by atoms with E-state index in [1.165, 1.54) is 17.7 Å². The van der Waals surface area contributed by atoms with Gasteiger partial charge in [-0.2, -0.15) is 0 Å². The summed E-state index contributed by atoms with van der Waals surface area (Å²) in [6, 6.07) is 16.6. The molecule has 4 heteroatoms. The van der Waals surface area contributed by atoms with E-state index < -0.39 is 0 Å². The first-order valence-electron chi connectivity index (χ1n) is 7.99. The van der Waals surface area contributed by atoms with Crippen LogP contribution in [0, 0.1) is 5.82 Å². The third-order valence-corrected chi connectivity index (χ3v) is 4.24. The fourth-order valence-electron chi connectivity index (χ4n) is 2.89. The number of benzene rings is 2. The van der Waals surface area contributed by atoms with Gasteiger partial charge in [-0.05, 0) is 23.3 Å². The molecule has 0 spiro atoms. The van der Waals surface area contributed by atoms with Gasteiger partial charge in [-0.3, -0.25) is 9.69 Å². The lowest BCUT2D eigenvalue weighted by atomic mass is 10.1. The Hall–Kier alpha value is -2.20. The third-order valence-electron chi connectivity index (χ3n) is 4.24. The summed E-state index contributed by atoms with van der Waals surface area (Å²) < 4.78 is 12.9. The average Bonchev–Trinajstić information content (AvgIpc) is 2.58. The monoisotopic (exact) mass is 312 g/mol. The topological polar surface area (TPSA) is 23.6 Å². The Morgan fingerprint density at radius 1 is 0.870 bits per heavy atom. The second kappa shape index (κ2) is 7.38. The second-order valence-corrected chi connectivity index (χ2v) is 5.95. The van der Waals surface area contributed by atoms with Crippen molar-refractivity contribution in [3.05, 3.63) is 71.5 Å². The molecule has 0 unspecified atom stereocenters. The van der Waals surface area contributed by atoms with Crippen LogP contribution in [-0.4, -0.2) is 41.9 Å². The molecule has 0 aliphatic carbocycles. The van der Waals surface area contributed by atoms with Crippen LogP contribution in [0.1, 0.15) is 11.1 Å². The first-order valence-corrected chi connectivity index (χ1v) is 7.99. The molecule has 0 saturated carbocycles. The molecule has 0 atom stereocenters. The van der Waals surface area contributed by atoms with Crippen molar-refractivity contribution in [2.45, 2.75) is 13.0 Å². The van der Waals surface area contributed by atoms with E-state index in [9.17, 15) is 9.18 Å². The zero-order chi connectivity index (χ0) is 16.1. The van der Waals surface area contributed by atoms with Crippen LogP contribution in [0.15, 0.2) is 54.6 Å². The van der Waals surface area contributed by atoms with Gasteiger partial charge in [0.05, 0.1) is 6.42 Å². The Balaban J connectivity index is 1.48. The van der Waals surface area contributed by atoms with Crippen molar-refractivity contribution < 1.29 is 9.18 Å². The van der Waals surface area contributed by atoms with Gasteiger partial charge in [0.2, 0.25) is 5.91 Å². The van der Waals surface area contributed by atoms with Gasteiger partial charge in [-0.15, -0.1) is 0 Å². The minimum absolute atomic E-state index is 0.121. The molecule has 1 fully saturated rings. The fraction of sp³-hybridized carbons (Fsp3) is 0.316. The summed E-state index contributed by atoms with van der Waals surface area (Å²) in [6.07, 6.45) is 0.346. The average molecular weight is 312 g/mol. The lowest BCUT2D eigenvalue weighted by Crippen LogP contribution is -2.48. The van der Waals surface area contributed by atoms with E-state index in [1.807, 2.05) is 11.0 Å². The minimum Gasteiger partial charge on any atom is -0.340 e. The second-order valence-electron chi connectivity index (χ2n) is 5.95. The largest absolute Gasteiger partial charge is 0.340 e. The Morgan fingerprint density at radius 3 is 2.17 bits per heavy atom. The highest BCUT2D eigenvalue weighted by atomic mass is 19.1. The molecule has 1 amide bonds. The van der Waals surface area contributed by atoms with Gasteiger partial charge < -0.3 is 4.90 Å². The summed E-state index contributed by atoms with van der Waals surface area (Å²) in [5, 5.41) is 0. The Labute approximate surface area is 136 Å². The number of hydrogen-bond donors (Lipinski definition) is 0. The molecule has 1 heterocycles. The molecule has 23 heavy (non-hydrogen) atoms. The molecule has 0 aromatic heterocycles. The number of carbonyl (C=O) groups excluding carboxylic acids is 1. The van der Waals surface area contributed by atoms with Gasteiger partial charge in [0.25, 0.3) is 0 Å². The van der Waals surface area contributed by atoms with Gasteiger partial charge in [0.1, 0.15) is 5.82 Å². The van der Waals surface area contributed by atoms with Crippen molar-refractivity contribution in [1.29, 1.82) is 0 Å². The van der Waals surface area contributed by atoms with Crippen molar-refractivity contribution in [2.24, 2.45) is 0 Å². The van der Waals surface area contributed by atoms with Crippen LogP contribution in [0.25, 0.3) is 0 Å². The maximum absolute atomic E-state index is 12.9. The van der Waals surface area contributed by atoms with Gasteiger partial charge in [0, 0.05) is 32.7 Å². The van der Waals surface area contributed by atoms with Crippen molar-refractivity contribution in [3.8, 4) is 0 Å². The number of hydrogen-bond acceptors (Lipinski definition) is 2. The van der Waals surface area contributed by atoms with E-state index in [0.717, 1.165) is 38.3 Å². The van der Waals surface area contributed by atoms with E-state index >= 15 is 0 Å². The summed E-state index contributed by atoms with van der Waals surface area (Å²) >= 11 is 0. The molecule has 0 bridgehead atoms. The molecule has 0 radical (unpaired) electrons. The predicted molar refractivity (Wildman–Crippen MR) is 88.4 cm³/mol. The van der Waals surface area contributed by atoms with E-state index in [-0.39, 0.29) is 11.7 Å². The lowest BCUT2D eigenvalue weighted by Gasteiger charge is -2.34. The Kier molecular flexibility index (Phi) is 5.03. The number of amides is 1. The molecule has 1 saturated heterocycles. The predicted octanol–water partition coefficient (Wildman–Crippen LogP) is 2.71. The van der Waals surface area contributed by atoms with Crippen LogP contribution in [-0.2, 0) is 17.8 Å².